The first-order valence-corrected chi connectivity index (χ1v) is 13.0. The average Bonchev–Trinajstić information content (AvgIpc) is 2.87. The van der Waals surface area contributed by atoms with Gasteiger partial charge in [0, 0.05) is 13.1 Å². The molecule has 0 saturated carbocycles. The van der Waals surface area contributed by atoms with Crippen LogP contribution in [-0.4, -0.2) is 44.3 Å². The van der Waals surface area contributed by atoms with E-state index in [-0.39, 0.29) is 23.0 Å². The van der Waals surface area contributed by atoms with Crippen molar-refractivity contribution in [3.8, 4) is 0 Å². The van der Waals surface area contributed by atoms with Gasteiger partial charge in [-0.2, -0.15) is 0 Å². The van der Waals surface area contributed by atoms with Crippen LogP contribution in [0.3, 0.4) is 0 Å². The number of nitrogens with zero attached hydrogens (tertiary/aromatic N) is 2. The summed E-state index contributed by atoms with van der Waals surface area (Å²) in [5, 5.41) is 2.70. The number of halogens is 1. The summed E-state index contributed by atoms with van der Waals surface area (Å²) in [6, 6.07) is 19.7. The Morgan fingerprint density at radius 1 is 0.944 bits per heavy atom. The van der Waals surface area contributed by atoms with Crippen molar-refractivity contribution >= 4 is 27.5 Å². The molecule has 0 aliphatic rings. The lowest BCUT2D eigenvalue weighted by Gasteiger charge is -2.32. The number of nitrogens with one attached hydrogen (secondary N) is 1. The van der Waals surface area contributed by atoms with E-state index in [9.17, 15) is 22.4 Å². The zero-order valence-electron chi connectivity index (χ0n) is 20.5. The van der Waals surface area contributed by atoms with Crippen LogP contribution in [0.2, 0.25) is 0 Å². The number of amides is 2. The van der Waals surface area contributed by atoms with E-state index in [0.29, 0.717) is 6.54 Å². The summed E-state index contributed by atoms with van der Waals surface area (Å²) in [6.07, 6.45) is 0. The third kappa shape index (κ3) is 6.28. The Morgan fingerprint density at radius 3 is 2.17 bits per heavy atom. The van der Waals surface area contributed by atoms with Crippen molar-refractivity contribution < 1.29 is 22.4 Å². The van der Waals surface area contributed by atoms with Crippen LogP contribution >= 0.6 is 0 Å². The number of anilines is 1. The van der Waals surface area contributed by atoms with Crippen LogP contribution in [0.4, 0.5) is 10.1 Å². The quantitative estimate of drug-likeness (QED) is 0.448. The Bertz CT molecular complexity index is 1300. The molecular weight excluding hydrogens is 481 g/mol. The molecule has 7 nitrogen and oxygen atoms in total. The first-order chi connectivity index (χ1) is 17.1. The molecule has 0 spiro atoms. The molecule has 1 atom stereocenters. The first-order valence-electron chi connectivity index (χ1n) is 11.6. The van der Waals surface area contributed by atoms with Gasteiger partial charge in [0.25, 0.3) is 10.0 Å². The highest BCUT2D eigenvalue weighted by molar-refractivity contribution is 7.92. The van der Waals surface area contributed by atoms with Gasteiger partial charge in [-0.15, -0.1) is 0 Å². The van der Waals surface area contributed by atoms with Gasteiger partial charge in [-0.25, -0.2) is 12.8 Å². The van der Waals surface area contributed by atoms with E-state index >= 15 is 0 Å². The van der Waals surface area contributed by atoms with Gasteiger partial charge in [-0.05, 0) is 50.6 Å². The van der Waals surface area contributed by atoms with E-state index in [1.54, 1.807) is 26.0 Å². The molecule has 0 bridgehead atoms. The largest absolute Gasteiger partial charge is 0.355 e. The molecule has 0 heterocycles. The number of sulfonamides is 1. The molecule has 3 rings (SSSR count). The van der Waals surface area contributed by atoms with Crippen LogP contribution < -0.4 is 9.62 Å². The highest BCUT2D eigenvalue weighted by Gasteiger charge is 2.33. The van der Waals surface area contributed by atoms with E-state index in [4.69, 9.17) is 0 Å². The maximum Gasteiger partial charge on any atom is 0.264 e. The van der Waals surface area contributed by atoms with Gasteiger partial charge in [0.1, 0.15) is 18.4 Å². The van der Waals surface area contributed by atoms with Crippen molar-refractivity contribution in [2.75, 3.05) is 17.4 Å². The minimum absolute atomic E-state index is 0.0736. The number of carbonyl (C=O) groups excluding carboxylic acids is 2. The fraction of sp³-hybridized carbons (Fsp3) is 0.259. The Labute approximate surface area is 211 Å². The molecular formula is C27H30FN3O4S. The number of benzene rings is 3. The van der Waals surface area contributed by atoms with Crippen LogP contribution in [0.15, 0.2) is 83.8 Å². The molecule has 0 saturated heterocycles. The molecule has 0 aromatic heterocycles. The van der Waals surface area contributed by atoms with E-state index in [0.717, 1.165) is 21.5 Å². The van der Waals surface area contributed by atoms with Gasteiger partial charge in [0.2, 0.25) is 11.8 Å². The summed E-state index contributed by atoms with van der Waals surface area (Å²) in [6.45, 7) is 4.93. The topological polar surface area (TPSA) is 86.8 Å². The molecule has 0 radical (unpaired) electrons. The third-order valence-corrected chi connectivity index (χ3v) is 7.50. The summed E-state index contributed by atoms with van der Waals surface area (Å²) in [7, 11) is -4.31. The first kappa shape index (κ1) is 26.9. The summed E-state index contributed by atoms with van der Waals surface area (Å²) in [5.41, 5.74) is 1.37. The van der Waals surface area contributed by atoms with Gasteiger partial charge in [0.05, 0.1) is 10.6 Å². The van der Waals surface area contributed by atoms with Gasteiger partial charge in [0.15, 0.2) is 0 Å². The van der Waals surface area contributed by atoms with Crippen molar-refractivity contribution in [3.05, 3.63) is 95.8 Å². The molecule has 3 aromatic rings. The lowest BCUT2D eigenvalue weighted by Crippen LogP contribution is -2.51. The fourth-order valence-corrected chi connectivity index (χ4v) is 5.11. The van der Waals surface area contributed by atoms with E-state index < -0.39 is 34.3 Å². The molecule has 9 heteroatoms. The Kier molecular flexibility index (Phi) is 8.82. The summed E-state index contributed by atoms with van der Waals surface area (Å²) < 4.78 is 42.9. The minimum Gasteiger partial charge on any atom is -0.355 e. The van der Waals surface area contributed by atoms with Crippen LogP contribution in [0.5, 0.6) is 0 Å². The second-order valence-electron chi connectivity index (χ2n) is 8.35. The molecule has 0 aliphatic carbocycles. The fourth-order valence-electron chi connectivity index (χ4n) is 3.69. The molecule has 190 valence electrons. The minimum atomic E-state index is -4.31. The number of rotatable bonds is 10. The smallest absolute Gasteiger partial charge is 0.264 e. The average molecular weight is 512 g/mol. The number of likely N-dealkylation sites (N-methyl/N-ethyl adjacent to an activating group) is 1. The van der Waals surface area contributed by atoms with Crippen LogP contribution in [-0.2, 0) is 26.2 Å². The van der Waals surface area contributed by atoms with Crippen molar-refractivity contribution in [2.45, 2.75) is 38.3 Å². The molecule has 3 aromatic carbocycles. The monoisotopic (exact) mass is 511 g/mol. The van der Waals surface area contributed by atoms with Gasteiger partial charge >= 0.3 is 0 Å². The molecule has 1 N–H and O–H groups in total. The molecule has 0 aliphatic heterocycles. The highest BCUT2D eigenvalue weighted by Crippen LogP contribution is 2.27. The highest BCUT2D eigenvalue weighted by atomic mass is 32.2. The zero-order valence-corrected chi connectivity index (χ0v) is 21.3. The Hall–Kier alpha value is -3.72. The maximum absolute atomic E-state index is 14.8. The number of para-hydroxylation sites is 1. The Morgan fingerprint density at radius 2 is 1.56 bits per heavy atom. The normalized spacial score (nSPS) is 12.0. The van der Waals surface area contributed by atoms with Gasteiger partial charge in [-0.1, -0.05) is 60.2 Å². The van der Waals surface area contributed by atoms with Crippen molar-refractivity contribution in [1.82, 2.24) is 10.2 Å². The molecule has 2 amide bonds. The van der Waals surface area contributed by atoms with Gasteiger partial charge < -0.3 is 10.2 Å². The van der Waals surface area contributed by atoms with Crippen LogP contribution in [0.25, 0.3) is 0 Å². The van der Waals surface area contributed by atoms with E-state index in [1.807, 2.05) is 37.3 Å². The summed E-state index contributed by atoms with van der Waals surface area (Å²) in [4.78, 5) is 27.5. The van der Waals surface area contributed by atoms with E-state index in [2.05, 4.69) is 5.32 Å². The third-order valence-electron chi connectivity index (χ3n) is 5.72. The molecule has 0 fully saturated rings. The standard InChI is InChI=1S/C27H30FN3O4S/c1-4-29-27(33)21(3)30(18-22-10-6-5-7-11-22)26(32)19-31(25-13-9-8-12-24(25)28)36(34,35)23-16-14-20(2)15-17-23/h5-17,21H,4,18-19H2,1-3H3,(H,29,33)/t21-/m1/s1. The molecule has 36 heavy (non-hydrogen) atoms. The van der Waals surface area contributed by atoms with E-state index in [1.165, 1.54) is 35.2 Å². The second kappa shape index (κ2) is 11.8. The van der Waals surface area contributed by atoms with Crippen LogP contribution in [0.1, 0.15) is 25.0 Å². The zero-order chi connectivity index (χ0) is 26.3. The predicted octanol–water partition coefficient (Wildman–Crippen LogP) is 3.88. The lowest BCUT2D eigenvalue weighted by molar-refractivity contribution is -0.139. The molecule has 0 unspecified atom stereocenters. The summed E-state index contributed by atoms with van der Waals surface area (Å²) in [5.74, 6) is -1.80. The van der Waals surface area contributed by atoms with Gasteiger partial charge in [-0.3, -0.25) is 13.9 Å². The predicted molar refractivity (Wildman–Crippen MR) is 137 cm³/mol. The number of hydrogen-bond acceptors (Lipinski definition) is 4. The lowest BCUT2D eigenvalue weighted by atomic mass is 10.1. The van der Waals surface area contributed by atoms with Crippen molar-refractivity contribution in [1.29, 1.82) is 0 Å². The second-order valence-corrected chi connectivity index (χ2v) is 10.2. The SMILES string of the molecule is CCNC(=O)[C@@H](C)N(Cc1ccccc1)C(=O)CN(c1ccccc1F)S(=O)(=O)c1ccc(C)cc1. The number of carbonyl (C=O) groups is 2. The number of aryl methyl sites for hydroxylation is 1. The van der Waals surface area contributed by atoms with Crippen molar-refractivity contribution in [3.63, 3.8) is 0 Å². The number of hydrogen-bond donors (Lipinski definition) is 1. The maximum atomic E-state index is 14.8. The van der Waals surface area contributed by atoms with Crippen LogP contribution in [0, 0.1) is 12.7 Å². The summed E-state index contributed by atoms with van der Waals surface area (Å²) >= 11 is 0. The Balaban J connectivity index is 2.03. The van der Waals surface area contributed by atoms with Crippen molar-refractivity contribution in [2.24, 2.45) is 0 Å².